The Morgan fingerprint density at radius 2 is 1.74 bits per heavy atom. The fourth-order valence-corrected chi connectivity index (χ4v) is 4.05. The SMILES string of the molecule is CN1CCN(CCOc2ccc(C3=CN4NCC(c5ccncc5)=C4N=C3)cc2)CC1. The Labute approximate surface area is 183 Å². The second-order valence-electron chi connectivity index (χ2n) is 8.10. The van der Waals surface area contributed by atoms with Crippen molar-refractivity contribution in [3.63, 3.8) is 0 Å². The molecule has 7 heteroatoms. The smallest absolute Gasteiger partial charge is 0.152 e. The summed E-state index contributed by atoms with van der Waals surface area (Å²) in [6.45, 7) is 6.96. The van der Waals surface area contributed by atoms with Crippen LogP contribution >= 0.6 is 0 Å². The largest absolute Gasteiger partial charge is 0.492 e. The minimum Gasteiger partial charge on any atom is -0.492 e. The number of ether oxygens (including phenoxy) is 1. The summed E-state index contributed by atoms with van der Waals surface area (Å²) in [5.41, 5.74) is 7.91. The third kappa shape index (κ3) is 4.54. The van der Waals surface area contributed by atoms with Crippen LogP contribution in [0.4, 0.5) is 0 Å². The topological polar surface area (TPSA) is 56.2 Å². The number of aliphatic imine (C=N–C) groups is 1. The van der Waals surface area contributed by atoms with Gasteiger partial charge in [-0.1, -0.05) is 12.1 Å². The molecule has 0 unspecified atom stereocenters. The summed E-state index contributed by atoms with van der Waals surface area (Å²) >= 11 is 0. The van der Waals surface area contributed by atoms with Crippen molar-refractivity contribution in [3.8, 4) is 5.75 Å². The van der Waals surface area contributed by atoms with Crippen molar-refractivity contribution in [1.82, 2.24) is 25.2 Å². The average molecular weight is 417 g/mol. The van der Waals surface area contributed by atoms with Crippen LogP contribution in [0.25, 0.3) is 11.1 Å². The Morgan fingerprint density at radius 3 is 2.52 bits per heavy atom. The van der Waals surface area contributed by atoms with Crippen molar-refractivity contribution in [2.24, 2.45) is 4.99 Å². The second-order valence-corrected chi connectivity index (χ2v) is 8.10. The molecule has 0 bridgehead atoms. The van der Waals surface area contributed by atoms with Crippen molar-refractivity contribution < 1.29 is 4.74 Å². The van der Waals surface area contributed by atoms with E-state index in [0.717, 1.165) is 74.1 Å². The molecule has 160 valence electrons. The first-order chi connectivity index (χ1) is 15.3. The maximum absolute atomic E-state index is 5.97. The van der Waals surface area contributed by atoms with Gasteiger partial charge in [0, 0.05) is 75.2 Å². The average Bonchev–Trinajstić information content (AvgIpc) is 3.25. The van der Waals surface area contributed by atoms with Crippen LogP contribution in [-0.4, -0.2) is 78.9 Å². The minimum absolute atomic E-state index is 0.719. The molecule has 1 aromatic carbocycles. The highest BCUT2D eigenvalue weighted by Crippen LogP contribution is 2.30. The van der Waals surface area contributed by atoms with Gasteiger partial charge in [-0.15, -0.1) is 0 Å². The molecule has 0 saturated carbocycles. The Hall–Kier alpha value is -3.00. The van der Waals surface area contributed by atoms with Crippen molar-refractivity contribution >= 4 is 17.4 Å². The summed E-state index contributed by atoms with van der Waals surface area (Å²) in [6, 6.07) is 12.3. The molecule has 0 aliphatic carbocycles. The van der Waals surface area contributed by atoms with Gasteiger partial charge in [-0.2, -0.15) is 0 Å². The van der Waals surface area contributed by atoms with Crippen molar-refractivity contribution in [3.05, 3.63) is 71.9 Å². The van der Waals surface area contributed by atoms with E-state index in [0.29, 0.717) is 0 Å². The highest BCUT2D eigenvalue weighted by Gasteiger charge is 2.24. The van der Waals surface area contributed by atoms with E-state index in [-0.39, 0.29) is 0 Å². The monoisotopic (exact) mass is 416 g/mol. The number of benzene rings is 1. The number of hydrogen-bond acceptors (Lipinski definition) is 7. The minimum atomic E-state index is 0.719. The van der Waals surface area contributed by atoms with Crippen molar-refractivity contribution in [2.45, 2.75) is 0 Å². The van der Waals surface area contributed by atoms with Gasteiger partial charge in [0.25, 0.3) is 0 Å². The molecule has 3 aliphatic heterocycles. The van der Waals surface area contributed by atoms with Gasteiger partial charge in [0.1, 0.15) is 12.4 Å². The first-order valence-electron chi connectivity index (χ1n) is 10.8. The highest BCUT2D eigenvalue weighted by molar-refractivity contribution is 6.11. The van der Waals surface area contributed by atoms with Gasteiger partial charge in [0.05, 0.1) is 0 Å². The molecule has 1 saturated heterocycles. The van der Waals surface area contributed by atoms with E-state index in [1.54, 1.807) is 0 Å². The molecule has 0 radical (unpaired) electrons. The predicted molar refractivity (Wildman–Crippen MR) is 123 cm³/mol. The number of fused-ring (bicyclic) bond motifs is 1. The Balaban J connectivity index is 1.19. The van der Waals surface area contributed by atoms with Crippen LogP contribution < -0.4 is 10.2 Å². The number of nitrogens with zero attached hydrogens (tertiary/aromatic N) is 5. The number of allylic oxidation sites excluding steroid dienone is 1. The van der Waals surface area contributed by atoms with Crippen LogP contribution in [0, 0.1) is 0 Å². The van der Waals surface area contributed by atoms with Crippen LogP contribution in [0.5, 0.6) is 5.75 Å². The van der Waals surface area contributed by atoms with Gasteiger partial charge in [-0.25, -0.2) is 10.4 Å². The molecule has 3 aliphatic rings. The summed E-state index contributed by atoms with van der Waals surface area (Å²) in [4.78, 5) is 13.7. The lowest BCUT2D eigenvalue weighted by molar-refractivity contribution is 0.134. The van der Waals surface area contributed by atoms with Gasteiger partial charge in [-0.05, 0) is 42.4 Å². The van der Waals surface area contributed by atoms with Gasteiger partial charge in [-0.3, -0.25) is 14.9 Å². The molecular weight excluding hydrogens is 388 g/mol. The van der Waals surface area contributed by atoms with E-state index in [4.69, 9.17) is 9.73 Å². The van der Waals surface area contributed by atoms with Crippen LogP contribution in [0.1, 0.15) is 11.1 Å². The van der Waals surface area contributed by atoms with Gasteiger partial charge in [0.15, 0.2) is 5.82 Å². The van der Waals surface area contributed by atoms with Crippen LogP contribution in [-0.2, 0) is 0 Å². The van der Waals surface area contributed by atoms with Crippen molar-refractivity contribution in [1.29, 1.82) is 0 Å². The van der Waals surface area contributed by atoms with E-state index in [1.807, 2.05) is 47.9 Å². The molecule has 5 rings (SSSR count). The molecule has 1 aromatic heterocycles. The highest BCUT2D eigenvalue weighted by atomic mass is 16.5. The number of nitrogens with one attached hydrogen (secondary N) is 1. The fourth-order valence-electron chi connectivity index (χ4n) is 4.05. The fraction of sp³-hybridized carbons (Fsp3) is 0.333. The quantitative estimate of drug-likeness (QED) is 0.780. The van der Waals surface area contributed by atoms with E-state index >= 15 is 0 Å². The number of rotatable bonds is 6. The molecule has 1 N–H and O–H groups in total. The van der Waals surface area contributed by atoms with Gasteiger partial charge in [0.2, 0.25) is 0 Å². The first-order valence-corrected chi connectivity index (χ1v) is 10.8. The third-order valence-electron chi connectivity index (χ3n) is 6.01. The summed E-state index contributed by atoms with van der Waals surface area (Å²) in [7, 11) is 2.18. The number of likely N-dealkylation sites (N-methyl/N-ethyl adjacent to an activating group) is 1. The zero-order valence-corrected chi connectivity index (χ0v) is 17.9. The number of hydrazine groups is 1. The molecule has 1 fully saturated rings. The summed E-state index contributed by atoms with van der Waals surface area (Å²) in [6.07, 6.45) is 7.66. The van der Waals surface area contributed by atoms with Gasteiger partial charge < -0.3 is 9.64 Å². The number of hydrogen-bond donors (Lipinski definition) is 1. The summed E-state index contributed by atoms with van der Waals surface area (Å²) in [5.74, 6) is 1.85. The Kier molecular flexibility index (Phi) is 5.80. The standard InChI is InChI=1S/C24H28N6O/c1-28-10-12-29(13-11-28)14-15-31-22-4-2-19(3-5-22)21-16-26-24-23(17-27-30(24)18-21)20-6-8-25-9-7-20/h2-9,16,18,27H,10-15,17H2,1H3. The van der Waals surface area contributed by atoms with Crippen molar-refractivity contribution in [2.75, 3.05) is 52.9 Å². The van der Waals surface area contributed by atoms with E-state index in [9.17, 15) is 0 Å². The molecule has 7 nitrogen and oxygen atoms in total. The zero-order chi connectivity index (χ0) is 21.0. The third-order valence-corrected chi connectivity index (χ3v) is 6.01. The lowest BCUT2D eigenvalue weighted by Crippen LogP contribution is -2.45. The first kappa shape index (κ1) is 19.9. The van der Waals surface area contributed by atoms with Gasteiger partial charge >= 0.3 is 0 Å². The predicted octanol–water partition coefficient (Wildman–Crippen LogP) is 2.32. The Morgan fingerprint density at radius 1 is 0.968 bits per heavy atom. The number of pyridine rings is 1. The molecular formula is C24H28N6O. The molecule has 2 aromatic rings. The zero-order valence-electron chi connectivity index (χ0n) is 17.9. The van der Waals surface area contributed by atoms with Crippen LogP contribution in [0.3, 0.4) is 0 Å². The maximum atomic E-state index is 5.97. The second kappa shape index (κ2) is 9.01. The van der Waals surface area contributed by atoms with Crippen LogP contribution in [0.2, 0.25) is 0 Å². The summed E-state index contributed by atoms with van der Waals surface area (Å²) in [5, 5.41) is 2.01. The van der Waals surface area contributed by atoms with E-state index in [1.165, 1.54) is 5.57 Å². The molecule has 0 spiro atoms. The molecule has 0 amide bonds. The van der Waals surface area contributed by atoms with E-state index < -0.39 is 0 Å². The lowest BCUT2D eigenvalue weighted by Gasteiger charge is -2.32. The Bertz CT molecular complexity index is 990. The molecule has 4 heterocycles. The lowest BCUT2D eigenvalue weighted by atomic mass is 10.1. The molecule has 0 atom stereocenters. The number of aromatic nitrogens is 1. The number of piperazine rings is 1. The van der Waals surface area contributed by atoms with E-state index in [2.05, 4.69) is 45.6 Å². The van der Waals surface area contributed by atoms with Crippen LogP contribution in [0.15, 0.2) is 65.8 Å². The summed E-state index contributed by atoms with van der Waals surface area (Å²) < 4.78 is 5.97. The normalized spacial score (nSPS) is 19.5. The molecule has 31 heavy (non-hydrogen) atoms. The maximum Gasteiger partial charge on any atom is 0.152 e.